The zero-order valence-corrected chi connectivity index (χ0v) is 14.3. The minimum atomic E-state index is 0.296. The second-order valence-corrected chi connectivity index (χ2v) is 6.59. The molecule has 0 aliphatic carbocycles. The fourth-order valence-electron chi connectivity index (χ4n) is 2.12. The van der Waals surface area contributed by atoms with Crippen molar-refractivity contribution in [2.45, 2.75) is 26.3 Å². The first kappa shape index (κ1) is 15.5. The van der Waals surface area contributed by atoms with Crippen molar-refractivity contribution in [3.8, 4) is 5.75 Å². The van der Waals surface area contributed by atoms with E-state index >= 15 is 0 Å². The number of thiophene rings is 1. The van der Waals surface area contributed by atoms with Gasteiger partial charge in [-0.25, -0.2) is 0 Å². The third-order valence-electron chi connectivity index (χ3n) is 3.14. The van der Waals surface area contributed by atoms with Crippen LogP contribution < -0.4 is 10.1 Å². The Kier molecular flexibility index (Phi) is 6.07. The molecule has 0 aliphatic heterocycles. The number of hydrogen-bond donors (Lipinski definition) is 1. The van der Waals surface area contributed by atoms with Gasteiger partial charge in [-0.1, -0.05) is 35.0 Å². The maximum atomic E-state index is 6.00. The summed E-state index contributed by atoms with van der Waals surface area (Å²) in [7, 11) is 0. The number of nitrogens with one attached hydrogen (secondary N) is 1. The molecule has 1 heterocycles. The minimum absolute atomic E-state index is 0.296. The largest absolute Gasteiger partial charge is 0.493 e. The Morgan fingerprint density at radius 1 is 1.35 bits per heavy atom. The van der Waals surface area contributed by atoms with Crippen molar-refractivity contribution >= 4 is 27.3 Å². The highest BCUT2D eigenvalue weighted by Gasteiger charge is 2.11. The van der Waals surface area contributed by atoms with Crippen molar-refractivity contribution in [1.29, 1.82) is 0 Å². The summed E-state index contributed by atoms with van der Waals surface area (Å²) < 4.78 is 7.05. The zero-order chi connectivity index (χ0) is 14.4. The van der Waals surface area contributed by atoms with Crippen molar-refractivity contribution in [3.05, 3.63) is 50.6 Å². The van der Waals surface area contributed by atoms with Crippen molar-refractivity contribution in [3.63, 3.8) is 0 Å². The molecule has 0 saturated heterocycles. The van der Waals surface area contributed by atoms with Crippen molar-refractivity contribution in [1.82, 2.24) is 5.32 Å². The molecule has 0 bridgehead atoms. The molecule has 0 spiro atoms. The number of hydrogen-bond acceptors (Lipinski definition) is 3. The molecule has 1 aromatic heterocycles. The molecule has 2 rings (SSSR count). The van der Waals surface area contributed by atoms with Crippen LogP contribution in [0.3, 0.4) is 0 Å². The predicted molar refractivity (Wildman–Crippen MR) is 89.8 cm³/mol. The van der Waals surface area contributed by atoms with E-state index in [-0.39, 0.29) is 0 Å². The van der Waals surface area contributed by atoms with Gasteiger partial charge in [-0.2, -0.15) is 0 Å². The normalized spacial score (nSPS) is 12.3. The first-order chi connectivity index (χ1) is 9.70. The van der Waals surface area contributed by atoms with Crippen LogP contribution in [0, 0.1) is 0 Å². The fraction of sp³-hybridized carbons (Fsp3) is 0.375. The third-order valence-corrected chi connectivity index (χ3v) is 4.57. The first-order valence-corrected chi connectivity index (χ1v) is 8.56. The van der Waals surface area contributed by atoms with Crippen molar-refractivity contribution < 1.29 is 4.74 Å². The van der Waals surface area contributed by atoms with E-state index in [1.807, 2.05) is 0 Å². The van der Waals surface area contributed by atoms with Crippen LogP contribution in [0.2, 0.25) is 0 Å². The van der Waals surface area contributed by atoms with E-state index in [0.29, 0.717) is 12.6 Å². The Hall–Kier alpha value is -0.840. The molecule has 0 fully saturated rings. The molecule has 0 saturated carbocycles. The average Bonchev–Trinajstić information content (AvgIpc) is 2.92. The number of benzene rings is 1. The molecule has 2 nitrogen and oxygen atoms in total. The van der Waals surface area contributed by atoms with Gasteiger partial charge in [0.2, 0.25) is 0 Å². The minimum Gasteiger partial charge on any atom is -0.493 e. The van der Waals surface area contributed by atoms with Gasteiger partial charge in [0.25, 0.3) is 0 Å². The third kappa shape index (κ3) is 4.33. The van der Waals surface area contributed by atoms with E-state index in [1.165, 1.54) is 10.4 Å². The predicted octanol–water partition coefficient (Wildman–Crippen LogP) is 4.80. The summed E-state index contributed by atoms with van der Waals surface area (Å²) in [4.78, 5) is 1.36. The first-order valence-electron chi connectivity index (χ1n) is 6.88. The van der Waals surface area contributed by atoms with Gasteiger partial charge >= 0.3 is 0 Å². The summed E-state index contributed by atoms with van der Waals surface area (Å²) in [6.07, 6.45) is 0.958. The van der Waals surface area contributed by atoms with Crippen LogP contribution in [0.4, 0.5) is 0 Å². The lowest BCUT2D eigenvalue weighted by molar-refractivity contribution is 0.316. The molecule has 0 amide bonds. The van der Waals surface area contributed by atoms with Crippen LogP contribution >= 0.6 is 27.3 Å². The van der Waals surface area contributed by atoms with Crippen molar-refractivity contribution in [2.24, 2.45) is 0 Å². The zero-order valence-electron chi connectivity index (χ0n) is 11.9. The van der Waals surface area contributed by atoms with Gasteiger partial charge < -0.3 is 10.1 Å². The topological polar surface area (TPSA) is 21.3 Å². The highest BCUT2D eigenvalue weighted by molar-refractivity contribution is 9.10. The van der Waals surface area contributed by atoms with Gasteiger partial charge in [-0.05, 0) is 37.0 Å². The van der Waals surface area contributed by atoms with Crippen LogP contribution in [0.5, 0.6) is 5.75 Å². The molecule has 2 aromatic rings. The molecule has 20 heavy (non-hydrogen) atoms. The summed E-state index contributed by atoms with van der Waals surface area (Å²) in [6.45, 7) is 5.94. The van der Waals surface area contributed by atoms with E-state index in [9.17, 15) is 0 Å². The average molecular weight is 354 g/mol. The van der Waals surface area contributed by atoms with Gasteiger partial charge in [0.1, 0.15) is 5.75 Å². The van der Waals surface area contributed by atoms with E-state index in [1.54, 1.807) is 11.3 Å². The summed E-state index contributed by atoms with van der Waals surface area (Å²) >= 11 is 5.29. The Morgan fingerprint density at radius 2 is 2.20 bits per heavy atom. The molecule has 0 radical (unpaired) electrons. The number of rotatable bonds is 7. The fourth-order valence-corrected chi connectivity index (χ4v) is 3.15. The smallest absolute Gasteiger partial charge is 0.125 e. The SMILES string of the molecule is CCNC(C)c1ccc(Br)cc1OCCc1cccs1. The Labute approximate surface area is 133 Å². The number of halogens is 1. The standard InChI is InChI=1S/C16H20BrNOS/c1-3-18-12(2)15-7-6-13(17)11-16(15)19-9-8-14-5-4-10-20-14/h4-7,10-12,18H,3,8-9H2,1-2H3. The Balaban J connectivity index is 2.03. The summed E-state index contributed by atoms with van der Waals surface area (Å²) in [6, 6.07) is 10.8. The monoisotopic (exact) mass is 353 g/mol. The lowest BCUT2D eigenvalue weighted by Gasteiger charge is -2.18. The van der Waals surface area contributed by atoms with Crippen LogP contribution in [-0.4, -0.2) is 13.2 Å². The Bertz CT molecular complexity index is 527. The van der Waals surface area contributed by atoms with E-state index < -0.39 is 0 Å². The Morgan fingerprint density at radius 3 is 2.90 bits per heavy atom. The lowest BCUT2D eigenvalue weighted by Crippen LogP contribution is -2.18. The maximum absolute atomic E-state index is 6.00. The summed E-state index contributed by atoms with van der Waals surface area (Å²) in [5, 5.41) is 5.54. The molecule has 4 heteroatoms. The van der Waals surface area contributed by atoms with Gasteiger partial charge in [0, 0.05) is 27.4 Å². The van der Waals surface area contributed by atoms with Gasteiger partial charge in [-0.3, -0.25) is 0 Å². The van der Waals surface area contributed by atoms with E-state index in [0.717, 1.165) is 23.2 Å². The van der Waals surface area contributed by atoms with Crippen LogP contribution in [0.1, 0.15) is 30.3 Å². The highest BCUT2D eigenvalue weighted by atomic mass is 79.9. The quantitative estimate of drug-likeness (QED) is 0.771. The second kappa shape index (κ2) is 7.81. The lowest BCUT2D eigenvalue weighted by atomic mass is 10.1. The molecular weight excluding hydrogens is 334 g/mol. The molecule has 108 valence electrons. The second-order valence-electron chi connectivity index (χ2n) is 4.64. The molecule has 1 aromatic carbocycles. The van der Waals surface area contributed by atoms with Crippen LogP contribution in [0.25, 0.3) is 0 Å². The van der Waals surface area contributed by atoms with E-state index in [2.05, 4.69) is 70.8 Å². The van der Waals surface area contributed by atoms with E-state index in [4.69, 9.17) is 4.74 Å². The van der Waals surface area contributed by atoms with Gasteiger partial charge in [0.05, 0.1) is 6.61 Å². The maximum Gasteiger partial charge on any atom is 0.125 e. The van der Waals surface area contributed by atoms with Crippen LogP contribution in [-0.2, 0) is 6.42 Å². The van der Waals surface area contributed by atoms with Gasteiger partial charge in [-0.15, -0.1) is 11.3 Å². The summed E-state index contributed by atoms with van der Waals surface area (Å²) in [5.74, 6) is 0.962. The highest BCUT2D eigenvalue weighted by Crippen LogP contribution is 2.29. The van der Waals surface area contributed by atoms with Crippen LogP contribution in [0.15, 0.2) is 40.2 Å². The molecule has 1 unspecified atom stereocenters. The summed E-state index contributed by atoms with van der Waals surface area (Å²) in [5.41, 5.74) is 1.21. The van der Waals surface area contributed by atoms with Gasteiger partial charge in [0.15, 0.2) is 0 Å². The molecule has 1 atom stereocenters. The number of ether oxygens (including phenoxy) is 1. The van der Waals surface area contributed by atoms with Crippen molar-refractivity contribution in [2.75, 3.05) is 13.2 Å². The molecule has 1 N–H and O–H groups in total. The molecule has 0 aliphatic rings. The molecular formula is C16H20BrNOS.